The number of piperazine rings is 2. The van der Waals surface area contributed by atoms with Crippen LogP contribution in [-0.2, 0) is 63.3 Å². The van der Waals surface area contributed by atoms with E-state index in [0.29, 0.717) is 89.9 Å². The van der Waals surface area contributed by atoms with E-state index >= 15 is 0 Å². The van der Waals surface area contributed by atoms with Crippen LogP contribution in [0.2, 0.25) is 0 Å². The number of carbonyl (C=O) groups is 6. The zero-order valence-electron chi connectivity index (χ0n) is 50.0. The first-order valence-electron chi connectivity index (χ1n) is 29.8. The number of nitrogens with two attached hydrogens (primary N) is 1. The molecule has 11 rings (SSSR count). The number of nitrogens with zero attached hydrogens (tertiary/aromatic N) is 8. The van der Waals surface area contributed by atoms with Crippen LogP contribution in [0.3, 0.4) is 0 Å². The van der Waals surface area contributed by atoms with Crippen molar-refractivity contribution in [3.8, 4) is 23.6 Å². The Kier molecular flexibility index (Phi) is 19.3. The van der Waals surface area contributed by atoms with Crippen LogP contribution in [0.4, 0.5) is 20.2 Å². The average Bonchev–Trinajstić information content (AvgIpc) is 1.68. The van der Waals surface area contributed by atoms with Crippen LogP contribution in [-0.4, -0.2) is 125 Å². The number of carbonyl (C=O) groups excluding carboxylic acids is 6. The molecule has 21 heteroatoms. The van der Waals surface area contributed by atoms with Crippen molar-refractivity contribution in [3.05, 3.63) is 189 Å². The molecule has 3 saturated heterocycles. The Morgan fingerprint density at radius 3 is 1.56 bits per heavy atom. The van der Waals surface area contributed by atoms with Gasteiger partial charge in [-0.1, -0.05) is 60.7 Å². The van der Waals surface area contributed by atoms with Gasteiger partial charge in [-0.3, -0.25) is 43.9 Å². The maximum absolute atomic E-state index is 14.5. The number of esters is 1. The second kappa shape index (κ2) is 27.6. The van der Waals surface area contributed by atoms with Gasteiger partial charge in [0.1, 0.15) is 54.0 Å². The lowest BCUT2D eigenvalue weighted by atomic mass is 10.0. The molecule has 0 radical (unpaired) electrons. The molecule has 5 amide bonds. The first kappa shape index (κ1) is 62.4. The van der Waals surface area contributed by atoms with E-state index in [0.717, 1.165) is 61.5 Å². The summed E-state index contributed by atoms with van der Waals surface area (Å²) in [5.74, 6) is -2.01. The van der Waals surface area contributed by atoms with Gasteiger partial charge in [0.05, 0.1) is 47.7 Å². The molecule has 3 fully saturated rings. The number of nitrogens with one attached hydrogen (secondary N) is 1. The molecule has 460 valence electrons. The van der Waals surface area contributed by atoms with Crippen LogP contribution in [0.1, 0.15) is 112 Å². The summed E-state index contributed by atoms with van der Waals surface area (Å²) >= 11 is 0. The fraction of sp³-hybridized carbons (Fsp3) is 0.353. The third-order valence-electron chi connectivity index (χ3n) is 16.5. The molecule has 19 nitrogen and oxygen atoms in total. The highest BCUT2D eigenvalue weighted by molar-refractivity contribution is 6.06. The fourth-order valence-electron chi connectivity index (χ4n) is 11.8. The molecule has 3 N–H and O–H groups in total. The number of imide groups is 1. The van der Waals surface area contributed by atoms with Crippen molar-refractivity contribution in [1.29, 1.82) is 10.5 Å². The van der Waals surface area contributed by atoms with Crippen molar-refractivity contribution >= 4 is 46.9 Å². The van der Waals surface area contributed by atoms with E-state index in [9.17, 15) is 37.5 Å². The second-order valence-electron chi connectivity index (χ2n) is 23.7. The van der Waals surface area contributed by atoms with Gasteiger partial charge in [0.25, 0.3) is 11.8 Å². The fourth-order valence-corrected chi connectivity index (χ4v) is 11.8. The van der Waals surface area contributed by atoms with Crippen LogP contribution in [0, 0.1) is 34.3 Å². The van der Waals surface area contributed by atoms with Gasteiger partial charge in [0.15, 0.2) is 0 Å². The van der Waals surface area contributed by atoms with Gasteiger partial charge in [-0.25, -0.2) is 8.78 Å². The summed E-state index contributed by atoms with van der Waals surface area (Å²) in [6, 6.07) is 38.5. The van der Waals surface area contributed by atoms with Crippen LogP contribution in [0.15, 0.2) is 121 Å². The lowest BCUT2D eigenvalue weighted by Gasteiger charge is -2.36. The molecule has 0 saturated carbocycles. The topological polar surface area (TPSA) is 235 Å². The lowest BCUT2D eigenvalue weighted by molar-refractivity contribution is -0.155. The van der Waals surface area contributed by atoms with Crippen molar-refractivity contribution in [2.75, 3.05) is 62.2 Å². The van der Waals surface area contributed by atoms with Gasteiger partial charge in [-0.15, -0.1) is 0 Å². The molecule has 5 aliphatic rings. The first-order valence-corrected chi connectivity index (χ1v) is 29.8. The van der Waals surface area contributed by atoms with Gasteiger partial charge >= 0.3 is 5.97 Å². The van der Waals surface area contributed by atoms with E-state index in [1.165, 1.54) is 27.5 Å². The Morgan fingerprint density at radius 2 is 1.11 bits per heavy atom. The first-order chi connectivity index (χ1) is 42.8. The molecule has 89 heavy (non-hydrogen) atoms. The maximum Gasteiger partial charge on any atom is 0.306 e. The van der Waals surface area contributed by atoms with E-state index < -0.39 is 35.5 Å². The molecule has 0 aromatic heterocycles. The zero-order chi connectivity index (χ0) is 62.9. The molecule has 0 aliphatic carbocycles. The summed E-state index contributed by atoms with van der Waals surface area (Å²) < 4.78 is 46.5. The Bertz CT molecular complexity index is 3730. The highest BCUT2D eigenvalue weighted by Crippen LogP contribution is 2.36. The number of hydrogen-bond donors (Lipinski definition) is 2. The number of benzene rings is 6. The predicted octanol–water partition coefficient (Wildman–Crippen LogP) is 7.89. The monoisotopic (exact) mass is 1210 g/mol. The molecule has 6 aromatic rings. The minimum Gasteiger partial charge on any atom is -0.489 e. The van der Waals surface area contributed by atoms with Crippen molar-refractivity contribution in [3.63, 3.8) is 0 Å². The van der Waals surface area contributed by atoms with Crippen molar-refractivity contribution in [2.24, 2.45) is 5.73 Å². The van der Waals surface area contributed by atoms with Gasteiger partial charge in [-0.05, 0) is 117 Å². The van der Waals surface area contributed by atoms with E-state index in [1.807, 2.05) is 52.3 Å². The Balaban J connectivity index is 0.000000197. The third-order valence-corrected chi connectivity index (χ3v) is 16.5. The Morgan fingerprint density at radius 1 is 0.640 bits per heavy atom. The number of rotatable bonds is 18. The number of primary amides is 1. The van der Waals surface area contributed by atoms with Crippen LogP contribution in [0.25, 0.3) is 0 Å². The van der Waals surface area contributed by atoms with Crippen molar-refractivity contribution < 1.29 is 51.8 Å². The third kappa shape index (κ3) is 15.2. The van der Waals surface area contributed by atoms with E-state index in [-0.39, 0.29) is 68.3 Å². The van der Waals surface area contributed by atoms with Gasteiger partial charge in [0, 0.05) is 101 Å². The van der Waals surface area contributed by atoms with Crippen LogP contribution in [0.5, 0.6) is 11.5 Å². The predicted molar refractivity (Wildman–Crippen MR) is 326 cm³/mol. The standard InChI is InChI=1S/C36H40FN5O5.C32H30FN5O4/c1-36(2,3)47-33(43)14-13-31(34(39)44)42-22-28-27(35(42)45)5-4-6-32(28)46-23-25-9-7-24(8-10-25)21-40-15-17-41(18-16-40)30-12-11-26(20-38)19-29(30)37;33-26-16-23(17-34)8-9-27(26)37-14-12-36(13-15-37)18-21-4-6-22(7-5-21)20-42-29-3-1-2-24-25(29)19-38(32(24)41)28-10-11-30(39)35-31(28)40/h4-12,19,31H,13-18,21-23H2,1-3H3,(H2,39,44);1-9,16,28H,10-15,18-20H2,(H,35,39,40)/t31-;28-/m00/s1. The van der Waals surface area contributed by atoms with E-state index in [1.54, 1.807) is 75.4 Å². The smallest absolute Gasteiger partial charge is 0.306 e. The number of ether oxygens (including phenoxy) is 3. The molecule has 2 atom stereocenters. The zero-order valence-corrected chi connectivity index (χ0v) is 50.0. The second-order valence-corrected chi connectivity index (χ2v) is 23.7. The summed E-state index contributed by atoms with van der Waals surface area (Å²) in [4.78, 5) is 86.5. The van der Waals surface area contributed by atoms with Gasteiger partial charge in [0.2, 0.25) is 17.7 Å². The molecule has 0 unspecified atom stereocenters. The summed E-state index contributed by atoms with van der Waals surface area (Å²) in [6.45, 7) is 13.9. The molecule has 6 aromatic carbocycles. The summed E-state index contributed by atoms with van der Waals surface area (Å²) in [6.07, 6.45) is 0.556. The van der Waals surface area contributed by atoms with Crippen molar-refractivity contribution in [1.82, 2.24) is 24.9 Å². The Labute approximate surface area is 515 Å². The summed E-state index contributed by atoms with van der Waals surface area (Å²) in [7, 11) is 0. The maximum atomic E-state index is 14.5. The number of halogens is 2. The molecule has 5 heterocycles. The van der Waals surface area contributed by atoms with Crippen LogP contribution < -0.4 is 30.3 Å². The highest BCUT2D eigenvalue weighted by Gasteiger charge is 2.41. The number of piperidine rings is 1. The summed E-state index contributed by atoms with van der Waals surface area (Å²) in [5.41, 5.74) is 13.4. The molecular formula is C68H70F2N10O9. The Hall–Kier alpha value is -9.70. The van der Waals surface area contributed by atoms with E-state index in [4.69, 9.17) is 30.5 Å². The number of amides is 5. The summed E-state index contributed by atoms with van der Waals surface area (Å²) in [5, 5.41) is 20.3. The van der Waals surface area contributed by atoms with E-state index in [2.05, 4.69) is 39.4 Å². The molecule has 0 spiro atoms. The lowest BCUT2D eigenvalue weighted by Crippen LogP contribution is -2.52. The van der Waals surface area contributed by atoms with Crippen molar-refractivity contribution in [2.45, 2.75) is 104 Å². The number of fused-ring (bicyclic) bond motifs is 2. The molecule has 0 bridgehead atoms. The van der Waals surface area contributed by atoms with Gasteiger partial charge in [-0.2, -0.15) is 10.5 Å². The largest absolute Gasteiger partial charge is 0.489 e. The minimum absolute atomic E-state index is 0.0425. The van der Waals surface area contributed by atoms with Crippen LogP contribution >= 0.6 is 0 Å². The normalized spacial score (nSPS) is 17.2. The average molecular weight is 1210 g/mol. The minimum atomic E-state index is -0.956. The molecular weight excluding hydrogens is 1140 g/mol. The quantitative estimate of drug-likeness (QED) is 0.0615. The highest BCUT2D eigenvalue weighted by atomic mass is 19.1. The van der Waals surface area contributed by atoms with Gasteiger partial charge < -0.3 is 39.5 Å². The number of nitriles is 2. The molecule has 5 aliphatic heterocycles. The SMILES string of the molecule is CC(C)(C)OC(=O)CC[C@@H](C(N)=O)N1Cc2c(OCc3ccc(CN4CCN(c5ccc(C#N)cc5F)CC4)cc3)cccc2C1=O.N#Cc1ccc(N2CCN(Cc3ccc(COc4cccc5c4CN([C@H]4CCC(=O)NC4=O)C5=O)cc3)CC2)c(F)c1. The number of hydrogen-bond acceptors (Lipinski definition) is 15. The number of anilines is 2.